The summed E-state index contributed by atoms with van der Waals surface area (Å²) < 4.78 is 0. The number of rotatable bonds is 3. The minimum absolute atomic E-state index is 0.588. The number of benzene rings is 1. The van der Waals surface area contributed by atoms with Crippen LogP contribution < -0.4 is 5.32 Å². The number of likely N-dealkylation sites (N-methyl/N-ethyl adjacent to an activating group) is 1. The van der Waals surface area contributed by atoms with E-state index in [1.807, 2.05) is 25.2 Å². The monoisotopic (exact) mass is 272 g/mol. The van der Waals surface area contributed by atoms with Gasteiger partial charge in [0.1, 0.15) is 0 Å². The summed E-state index contributed by atoms with van der Waals surface area (Å²) in [4.78, 5) is 2.41. The maximum atomic E-state index is 6.19. The second-order valence-electron chi connectivity index (χ2n) is 4.56. The number of piperidine rings is 1. The van der Waals surface area contributed by atoms with Gasteiger partial charge in [-0.05, 0) is 38.6 Å². The zero-order valence-corrected chi connectivity index (χ0v) is 11.6. The number of hydrogen-bond donors (Lipinski definition) is 1. The Morgan fingerprint density at radius 2 is 2.06 bits per heavy atom. The number of nitrogens with one attached hydrogen (secondary N) is 1. The first-order valence-electron chi connectivity index (χ1n) is 6.03. The van der Waals surface area contributed by atoms with Crippen LogP contribution in [0.4, 0.5) is 0 Å². The average Bonchev–Trinajstić information content (AvgIpc) is 2.34. The largest absolute Gasteiger partial charge is 0.316 e. The zero-order valence-electron chi connectivity index (χ0n) is 10.0. The molecular formula is C13H18Cl2N2. The maximum absolute atomic E-state index is 6.19. The molecule has 17 heavy (non-hydrogen) atoms. The van der Waals surface area contributed by atoms with Crippen molar-refractivity contribution in [2.45, 2.75) is 25.4 Å². The van der Waals surface area contributed by atoms with E-state index in [-0.39, 0.29) is 0 Å². The topological polar surface area (TPSA) is 15.3 Å². The highest BCUT2D eigenvalue weighted by Crippen LogP contribution is 2.26. The molecule has 1 N–H and O–H groups in total. The minimum atomic E-state index is 0.588. The van der Waals surface area contributed by atoms with Gasteiger partial charge in [-0.25, -0.2) is 0 Å². The molecule has 0 saturated carbocycles. The van der Waals surface area contributed by atoms with Gasteiger partial charge in [-0.15, -0.1) is 0 Å². The lowest BCUT2D eigenvalue weighted by molar-refractivity contribution is 0.188. The van der Waals surface area contributed by atoms with Crippen LogP contribution in [0.25, 0.3) is 0 Å². The lowest BCUT2D eigenvalue weighted by atomic mass is 10.1. The lowest BCUT2D eigenvalue weighted by Crippen LogP contribution is -2.43. The summed E-state index contributed by atoms with van der Waals surface area (Å²) in [7, 11) is 2.02. The molecule has 0 bridgehead atoms. The highest BCUT2D eigenvalue weighted by molar-refractivity contribution is 6.35. The van der Waals surface area contributed by atoms with Gasteiger partial charge in [0.05, 0.1) is 0 Å². The van der Waals surface area contributed by atoms with Crippen LogP contribution in [0, 0.1) is 0 Å². The lowest BCUT2D eigenvalue weighted by Gasteiger charge is -2.32. The number of nitrogens with zero attached hydrogens (tertiary/aromatic N) is 1. The highest BCUT2D eigenvalue weighted by Gasteiger charge is 2.19. The van der Waals surface area contributed by atoms with E-state index >= 15 is 0 Å². The van der Waals surface area contributed by atoms with Crippen molar-refractivity contribution in [3.8, 4) is 0 Å². The third-order valence-electron chi connectivity index (χ3n) is 3.36. The highest BCUT2D eigenvalue weighted by atomic mass is 35.5. The van der Waals surface area contributed by atoms with Gasteiger partial charge in [-0.2, -0.15) is 0 Å². The zero-order chi connectivity index (χ0) is 12.3. The molecule has 1 aliphatic rings. The third-order valence-corrected chi connectivity index (χ3v) is 4.07. The normalized spacial score (nSPS) is 21.7. The van der Waals surface area contributed by atoms with E-state index in [4.69, 9.17) is 23.2 Å². The van der Waals surface area contributed by atoms with Gasteiger partial charge in [0, 0.05) is 34.7 Å². The van der Waals surface area contributed by atoms with Crippen molar-refractivity contribution in [3.05, 3.63) is 33.8 Å². The first kappa shape index (κ1) is 13.2. The van der Waals surface area contributed by atoms with Crippen molar-refractivity contribution in [1.82, 2.24) is 10.2 Å². The molecule has 0 aromatic heterocycles. The van der Waals surface area contributed by atoms with Crippen LogP contribution in [-0.4, -0.2) is 31.1 Å². The van der Waals surface area contributed by atoms with Crippen molar-refractivity contribution in [3.63, 3.8) is 0 Å². The van der Waals surface area contributed by atoms with E-state index in [0.29, 0.717) is 6.04 Å². The molecule has 1 heterocycles. The molecule has 4 heteroatoms. The fourth-order valence-electron chi connectivity index (χ4n) is 2.34. The van der Waals surface area contributed by atoms with Gasteiger partial charge in [0.2, 0.25) is 0 Å². The Morgan fingerprint density at radius 1 is 1.35 bits per heavy atom. The summed E-state index contributed by atoms with van der Waals surface area (Å²) >= 11 is 12.4. The van der Waals surface area contributed by atoms with Gasteiger partial charge in [-0.1, -0.05) is 29.3 Å². The number of likely N-dealkylation sites (tertiary alicyclic amines) is 1. The van der Waals surface area contributed by atoms with Gasteiger partial charge < -0.3 is 5.32 Å². The minimum Gasteiger partial charge on any atom is -0.316 e. The fraction of sp³-hybridized carbons (Fsp3) is 0.538. The van der Waals surface area contributed by atoms with E-state index in [1.165, 1.54) is 12.8 Å². The SMILES string of the molecule is CN[C@H]1CCCN(Cc2c(Cl)cccc2Cl)C1. The predicted octanol–water partition coefficient (Wildman–Crippen LogP) is 3.18. The van der Waals surface area contributed by atoms with Gasteiger partial charge in [0.15, 0.2) is 0 Å². The molecule has 1 aromatic rings. The molecule has 0 spiro atoms. The van der Waals surface area contributed by atoms with Crippen LogP contribution >= 0.6 is 23.2 Å². The van der Waals surface area contributed by atoms with Crippen LogP contribution in [0.1, 0.15) is 18.4 Å². The van der Waals surface area contributed by atoms with Gasteiger partial charge in [-0.3, -0.25) is 4.90 Å². The Balaban J connectivity index is 2.05. The maximum Gasteiger partial charge on any atom is 0.0465 e. The van der Waals surface area contributed by atoms with Crippen molar-refractivity contribution in [2.24, 2.45) is 0 Å². The summed E-state index contributed by atoms with van der Waals surface area (Å²) in [6.45, 7) is 3.04. The molecule has 2 nitrogen and oxygen atoms in total. The Labute approximate surface area is 113 Å². The van der Waals surface area contributed by atoms with Crippen molar-refractivity contribution >= 4 is 23.2 Å². The van der Waals surface area contributed by atoms with Crippen molar-refractivity contribution in [2.75, 3.05) is 20.1 Å². The van der Waals surface area contributed by atoms with Crippen LogP contribution in [0.5, 0.6) is 0 Å². The number of halogens is 2. The average molecular weight is 273 g/mol. The van der Waals surface area contributed by atoms with Crippen molar-refractivity contribution in [1.29, 1.82) is 0 Å². The fourth-order valence-corrected chi connectivity index (χ4v) is 2.86. The number of hydrogen-bond acceptors (Lipinski definition) is 2. The molecule has 0 radical (unpaired) electrons. The third kappa shape index (κ3) is 3.35. The molecule has 1 saturated heterocycles. The van der Waals surface area contributed by atoms with Crippen molar-refractivity contribution < 1.29 is 0 Å². The Kier molecular flexibility index (Phi) is 4.69. The predicted molar refractivity (Wildman–Crippen MR) is 73.8 cm³/mol. The second-order valence-corrected chi connectivity index (χ2v) is 5.38. The van der Waals surface area contributed by atoms with Crippen LogP contribution in [0.2, 0.25) is 10.0 Å². The first-order valence-corrected chi connectivity index (χ1v) is 6.79. The van der Waals surface area contributed by atoms with E-state index in [2.05, 4.69) is 10.2 Å². The molecule has 2 rings (SSSR count). The molecule has 1 aliphatic heterocycles. The summed E-state index contributed by atoms with van der Waals surface area (Å²) in [6, 6.07) is 6.29. The summed E-state index contributed by atoms with van der Waals surface area (Å²) in [5, 5.41) is 4.88. The van der Waals surface area contributed by atoms with E-state index in [0.717, 1.165) is 35.2 Å². The molecule has 1 atom stereocenters. The van der Waals surface area contributed by atoms with Crippen LogP contribution in [0.15, 0.2) is 18.2 Å². The van der Waals surface area contributed by atoms with Gasteiger partial charge >= 0.3 is 0 Å². The standard InChI is InChI=1S/C13H18Cl2N2/c1-16-10-4-3-7-17(8-10)9-11-12(14)5-2-6-13(11)15/h2,5-6,10,16H,3-4,7-9H2,1H3/t10-/m0/s1. The van der Waals surface area contributed by atoms with E-state index < -0.39 is 0 Å². The summed E-state index contributed by atoms with van der Waals surface area (Å²) in [6.07, 6.45) is 2.48. The van der Waals surface area contributed by atoms with Crippen LogP contribution in [-0.2, 0) is 6.54 Å². The molecule has 1 aromatic carbocycles. The Morgan fingerprint density at radius 3 is 2.71 bits per heavy atom. The molecule has 0 unspecified atom stereocenters. The Bertz CT molecular complexity index is 361. The summed E-state index contributed by atoms with van der Waals surface area (Å²) in [5.41, 5.74) is 1.05. The molecule has 1 fully saturated rings. The smallest absolute Gasteiger partial charge is 0.0465 e. The van der Waals surface area contributed by atoms with Crippen LogP contribution in [0.3, 0.4) is 0 Å². The molecule has 0 aliphatic carbocycles. The Hall–Kier alpha value is -0.280. The van der Waals surface area contributed by atoms with E-state index in [1.54, 1.807) is 0 Å². The molecule has 0 amide bonds. The van der Waals surface area contributed by atoms with Gasteiger partial charge in [0.25, 0.3) is 0 Å². The molecular weight excluding hydrogens is 255 g/mol. The summed E-state index contributed by atoms with van der Waals surface area (Å²) in [5.74, 6) is 0. The quantitative estimate of drug-likeness (QED) is 0.910. The van der Waals surface area contributed by atoms with E-state index in [9.17, 15) is 0 Å². The molecule has 94 valence electrons. The first-order chi connectivity index (χ1) is 8.20. The second kappa shape index (κ2) is 6.05.